The van der Waals surface area contributed by atoms with Crippen LogP contribution in [0.4, 0.5) is 0 Å². The highest BCUT2D eigenvalue weighted by Crippen LogP contribution is 2.30. The van der Waals surface area contributed by atoms with Gasteiger partial charge in [0.15, 0.2) is 0 Å². The predicted octanol–water partition coefficient (Wildman–Crippen LogP) is 11.4. The molecule has 0 atom stereocenters. The molecular formula is C40H34. The van der Waals surface area contributed by atoms with E-state index < -0.39 is 0 Å². The van der Waals surface area contributed by atoms with Gasteiger partial charge in [0.05, 0.1) is 0 Å². The zero-order valence-corrected chi connectivity index (χ0v) is 23.7. The van der Waals surface area contributed by atoms with Crippen molar-refractivity contribution in [2.24, 2.45) is 0 Å². The normalized spacial score (nSPS) is 11.0. The molecule has 0 saturated carbocycles. The molecule has 0 nitrogen and oxygen atoms in total. The summed E-state index contributed by atoms with van der Waals surface area (Å²) in [7, 11) is 0. The first-order chi connectivity index (χ1) is 19.4. The Labute approximate surface area is 237 Å². The Hall–Kier alpha value is -4.68. The summed E-state index contributed by atoms with van der Waals surface area (Å²) in [5, 5.41) is 7.89. The van der Waals surface area contributed by atoms with Gasteiger partial charge in [-0.15, -0.1) is 0 Å². The highest BCUT2D eigenvalue weighted by molar-refractivity contribution is 6.08. The van der Waals surface area contributed by atoms with Crippen molar-refractivity contribution in [1.82, 2.24) is 0 Å². The molecule has 0 N–H and O–H groups in total. The number of rotatable bonds is 2. The average Bonchev–Trinajstić information content (AvgIpc) is 2.97. The Morgan fingerprint density at radius 1 is 0.250 bits per heavy atom. The number of hydrogen-bond donors (Lipinski definition) is 0. The lowest BCUT2D eigenvalue weighted by molar-refractivity contribution is 1.47. The molecule has 7 rings (SSSR count). The standard InChI is InChI=1S/C22H18.C18H16/c1-15-3-6-17(7-4-15)18-10-12-22-20(14-18)9-8-19-13-16(2)5-11-21(19)22;1-13-3-6-15(7-4-13)17-10-9-16-11-14(2)5-8-18(16)12-17/h3-14H,1-2H3;3-12H,1-2H3. The van der Waals surface area contributed by atoms with E-state index in [2.05, 4.69) is 161 Å². The Morgan fingerprint density at radius 2 is 0.575 bits per heavy atom. The zero-order valence-electron chi connectivity index (χ0n) is 23.7. The number of hydrogen-bond acceptors (Lipinski definition) is 0. The van der Waals surface area contributed by atoms with Crippen LogP contribution in [0.3, 0.4) is 0 Å². The van der Waals surface area contributed by atoms with Gasteiger partial charge >= 0.3 is 0 Å². The molecule has 0 saturated heterocycles. The Bertz CT molecular complexity index is 1960. The molecule has 0 heterocycles. The number of aryl methyl sites for hydroxylation is 4. The molecule has 0 amide bonds. The van der Waals surface area contributed by atoms with E-state index in [1.54, 1.807) is 0 Å². The van der Waals surface area contributed by atoms with Crippen molar-refractivity contribution in [1.29, 1.82) is 0 Å². The molecule has 0 aromatic heterocycles. The smallest absolute Gasteiger partial charge is 0.0105 e. The van der Waals surface area contributed by atoms with Crippen LogP contribution in [0.5, 0.6) is 0 Å². The highest BCUT2D eigenvalue weighted by Gasteiger charge is 2.04. The van der Waals surface area contributed by atoms with Gasteiger partial charge in [0.2, 0.25) is 0 Å². The fourth-order valence-electron chi connectivity index (χ4n) is 5.41. The Balaban J connectivity index is 0.000000148. The van der Waals surface area contributed by atoms with Crippen molar-refractivity contribution in [3.05, 3.63) is 156 Å². The van der Waals surface area contributed by atoms with Crippen molar-refractivity contribution in [2.45, 2.75) is 27.7 Å². The molecule has 0 heteroatoms. The quantitative estimate of drug-likeness (QED) is 0.201. The minimum absolute atomic E-state index is 1.27. The van der Waals surface area contributed by atoms with Gasteiger partial charge in [-0.1, -0.05) is 144 Å². The molecule has 0 aliphatic carbocycles. The van der Waals surface area contributed by atoms with E-state index >= 15 is 0 Å². The number of fused-ring (bicyclic) bond motifs is 4. The van der Waals surface area contributed by atoms with E-state index in [0.717, 1.165) is 0 Å². The largest absolute Gasteiger partial charge is 0.0587 e. The van der Waals surface area contributed by atoms with Gasteiger partial charge in [-0.05, 0) is 94.4 Å². The summed E-state index contributed by atoms with van der Waals surface area (Å²) in [6.07, 6.45) is 0. The van der Waals surface area contributed by atoms with Crippen LogP contribution in [0, 0.1) is 27.7 Å². The lowest BCUT2D eigenvalue weighted by Crippen LogP contribution is -1.82. The molecule has 0 unspecified atom stereocenters. The zero-order chi connectivity index (χ0) is 27.6. The van der Waals surface area contributed by atoms with Gasteiger partial charge in [0.25, 0.3) is 0 Å². The maximum Gasteiger partial charge on any atom is -0.0105 e. The van der Waals surface area contributed by atoms with Crippen LogP contribution >= 0.6 is 0 Å². The summed E-state index contributed by atoms with van der Waals surface area (Å²) >= 11 is 0. The van der Waals surface area contributed by atoms with Crippen LogP contribution in [0.15, 0.2) is 133 Å². The number of benzene rings is 7. The maximum absolute atomic E-state index is 2.29. The van der Waals surface area contributed by atoms with Crippen LogP contribution in [0.25, 0.3) is 54.6 Å². The van der Waals surface area contributed by atoms with Crippen LogP contribution in [-0.2, 0) is 0 Å². The summed E-state index contributed by atoms with van der Waals surface area (Å²) in [5.74, 6) is 0. The molecule has 40 heavy (non-hydrogen) atoms. The van der Waals surface area contributed by atoms with Crippen molar-refractivity contribution in [3.8, 4) is 22.3 Å². The Kier molecular flexibility index (Phi) is 6.93. The molecule has 0 radical (unpaired) electrons. The predicted molar refractivity (Wildman–Crippen MR) is 175 cm³/mol. The van der Waals surface area contributed by atoms with E-state index in [9.17, 15) is 0 Å². The molecule has 194 valence electrons. The minimum atomic E-state index is 1.27. The second kappa shape index (κ2) is 10.8. The van der Waals surface area contributed by atoms with Crippen LogP contribution in [-0.4, -0.2) is 0 Å². The van der Waals surface area contributed by atoms with E-state index in [0.29, 0.717) is 0 Å². The summed E-state index contributed by atoms with van der Waals surface area (Å²) in [5.41, 5.74) is 10.3. The third-order valence-electron chi connectivity index (χ3n) is 7.76. The molecule has 0 fully saturated rings. The SMILES string of the molecule is Cc1ccc(-c2ccc3c(ccc4cc(C)ccc43)c2)cc1.Cc1ccc(-c2ccc3cc(C)ccc3c2)cc1. The lowest BCUT2D eigenvalue weighted by atomic mass is 9.96. The summed E-state index contributed by atoms with van der Waals surface area (Å²) in [6.45, 7) is 8.52. The van der Waals surface area contributed by atoms with E-state index in [1.807, 2.05) is 0 Å². The topological polar surface area (TPSA) is 0 Å². The molecule has 0 aliphatic heterocycles. The molecule has 7 aromatic carbocycles. The van der Waals surface area contributed by atoms with Gasteiger partial charge in [0, 0.05) is 0 Å². The summed E-state index contributed by atoms with van der Waals surface area (Å²) in [6, 6.07) is 48.6. The van der Waals surface area contributed by atoms with Crippen molar-refractivity contribution >= 4 is 32.3 Å². The van der Waals surface area contributed by atoms with Crippen molar-refractivity contribution in [2.75, 3.05) is 0 Å². The minimum Gasteiger partial charge on any atom is -0.0587 e. The van der Waals surface area contributed by atoms with E-state index in [1.165, 1.54) is 76.8 Å². The average molecular weight is 515 g/mol. The van der Waals surface area contributed by atoms with Crippen LogP contribution < -0.4 is 0 Å². The monoisotopic (exact) mass is 514 g/mol. The molecule has 0 bridgehead atoms. The fraction of sp³-hybridized carbons (Fsp3) is 0.100. The van der Waals surface area contributed by atoms with Crippen LogP contribution in [0.2, 0.25) is 0 Å². The highest BCUT2D eigenvalue weighted by atomic mass is 14.1. The first kappa shape index (κ1) is 25.6. The lowest BCUT2D eigenvalue weighted by Gasteiger charge is -2.08. The third-order valence-corrected chi connectivity index (χ3v) is 7.76. The van der Waals surface area contributed by atoms with Gasteiger partial charge in [-0.3, -0.25) is 0 Å². The van der Waals surface area contributed by atoms with Crippen molar-refractivity contribution in [3.63, 3.8) is 0 Å². The fourth-order valence-corrected chi connectivity index (χ4v) is 5.41. The van der Waals surface area contributed by atoms with Gasteiger partial charge in [0.1, 0.15) is 0 Å². The molecule has 7 aromatic rings. The second-order valence-corrected chi connectivity index (χ2v) is 11.0. The van der Waals surface area contributed by atoms with Crippen LogP contribution in [0.1, 0.15) is 22.3 Å². The van der Waals surface area contributed by atoms with Gasteiger partial charge < -0.3 is 0 Å². The van der Waals surface area contributed by atoms with E-state index in [4.69, 9.17) is 0 Å². The van der Waals surface area contributed by atoms with Crippen molar-refractivity contribution < 1.29 is 0 Å². The molecule has 0 spiro atoms. The Morgan fingerprint density at radius 3 is 1.18 bits per heavy atom. The maximum atomic E-state index is 2.29. The van der Waals surface area contributed by atoms with Gasteiger partial charge in [-0.2, -0.15) is 0 Å². The van der Waals surface area contributed by atoms with Gasteiger partial charge in [-0.25, -0.2) is 0 Å². The molecular weight excluding hydrogens is 480 g/mol. The first-order valence-corrected chi connectivity index (χ1v) is 14.0. The summed E-state index contributed by atoms with van der Waals surface area (Å²) < 4.78 is 0. The third kappa shape index (κ3) is 5.40. The second-order valence-electron chi connectivity index (χ2n) is 11.0. The van der Waals surface area contributed by atoms with E-state index in [-0.39, 0.29) is 0 Å². The molecule has 0 aliphatic rings. The first-order valence-electron chi connectivity index (χ1n) is 14.0. The summed E-state index contributed by atoms with van der Waals surface area (Å²) in [4.78, 5) is 0.